The molecule has 1 heterocycles. The molecule has 7 nitrogen and oxygen atoms in total. The second-order valence-electron chi connectivity index (χ2n) is 4.31. The topological polar surface area (TPSA) is 105 Å². The zero-order valence-corrected chi connectivity index (χ0v) is 12.4. The lowest BCUT2D eigenvalue weighted by atomic mass is 10.2. The van der Waals surface area contributed by atoms with Crippen LogP contribution in [0, 0.1) is 0 Å². The molecule has 0 fully saturated rings. The summed E-state index contributed by atoms with van der Waals surface area (Å²) in [4.78, 5) is 26.0. The maximum atomic E-state index is 10.9. The number of thioether (sulfide) groups is 1. The van der Waals surface area contributed by atoms with E-state index in [-0.39, 0.29) is 11.7 Å². The van der Waals surface area contributed by atoms with E-state index in [1.807, 2.05) is 0 Å². The van der Waals surface area contributed by atoms with E-state index in [0.29, 0.717) is 17.5 Å². The van der Waals surface area contributed by atoms with Crippen molar-refractivity contribution in [2.75, 3.05) is 5.75 Å². The molecule has 1 unspecified atom stereocenters. The first-order valence-electron chi connectivity index (χ1n) is 6.42. The van der Waals surface area contributed by atoms with Crippen LogP contribution < -0.4 is 5.32 Å². The van der Waals surface area contributed by atoms with Crippen LogP contribution >= 0.6 is 11.8 Å². The molecule has 0 aliphatic carbocycles. The highest BCUT2D eigenvalue weighted by molar-refractivity contribution is 7.98. The van der Waals surface area contributed by atoms with Gasteiger partial charge >= 0.3 is 5.97 Å². The molecule has 2 N–H and O–H groups in total. The van der Waals surface area contributed by atoms with Crippen molar-refractivity contribution < 1.29 is 19.2 Å². The molecule has 1 amide bonds. The quantitative estimate of drug-likeness (QED) is 0.706. The van der Waals surface area contributed by atoms with Crippen molar-refractivity contribution in [3.8, 4) is 0 Å². The number of nitrogens with one attached hydrogen (secondary N) is 1. The minimum absolute atomic E-state index is 0.252. The van der Waals surface area contributed by atoms with Gasteiger partial charge in [0.25, 0.3) is 0 Å². The summed E-state index contributed by atoms with van der Waals surface area (Å²) in [5.41, 5.74) is 0. The summed E-state index contributed by atoms with van der Waals surface area (Å²) in [6.07, 6.45) is 2.86. The number of carbonyl (C=O) groups excluding carboxylic acids is 1. The highest BCUT2D eigenvalue weighted by Crippen LogP contribution is 2.12. The van der Waals surface area contributed by atoms with Gasteiger partial charge in [0.2, 0.25) is 11.8 Å². The Kier molecular flexibility index (Phi) is 7.06. The Hall–Kier alpha value is -1.57. The van der Waals surface area contributed by atoms with Gasteiger partial charge in [0.15, 0.2) is 5.82 Å². The van der Waals surface area contributed by atoms with E-state index in [1.54, 1.807) is 0 Å². The smallest absolute Gasteiger partial charge is 0.327 e. The third kappa shape index (κ3) is 6.05. The summed E-state index contributed by atoms with van der Waals surface area (Å²) >= 11 is 1.33. The fourth-order valence-corrected chi connectivity index (χ4v) is 2.34. The van der Waals surface area contributed by atoms with Crippen molar-refractivity contribution in [3.05, 3.63) is 11.7 Å². The number of carbonyl (C=O) groups is 2. The van der Waals surface area contributed by atoms with Gasteiger partial charge < -0.3 is 14.9 Å². The van der Waals surface area contributed by atoms with Gasteiger partial charge in [0.05, 0.1) is 5.75 Å². The van der Waals surface area contributed by atoms with Crippen molar-refractivity contribution in [2.45, 2.75) is 44.9 Å². The number of aromatic nitrogens is 2. The van der Waals surface area contributed by atoms with Gasteiger partial charge in [-0.05, 0) is 6.42 Å². The highest BCUT2D eigenvalue weighted by atomic mass is 32.2. The minimum Gasteiger partial charge on any atom is -0.480 e. The molecule has 0 spiro atoms. The molecule has 0 aliphatic rings. The molecule has 0 aromatic carbocycles. The number of rotatable bonds is 9. The standard InChI is InChI=1S/C12H19N3O4S/c1-3-4-5-10-14-11(19-15-10)7-20-6-9(12(17)18)13-8(2)16/h9H,3-7H2,1-2H3,(H,13,16)(H,17,18). The fraction of sp³-hybridized carbons (Fsp3) is 0.667. The number of aliphatic carboxylic acids is 1. The van der Waals surface area contributed by atoms with E-state index in [9.17, 15) is 9.59 Å². The Morgan fingerprint density at radius 1 is 1.50 bits per heavy atom. The zero-order valence-electron chi connectivity index (χ0n) is 11.6. The Morgan fingerprint density at radius 2 is 2.25 bits per heavy atom. The second-order valence-corrected chi connectivity index (χ2v) is 5.34. The van der Waals surface area contributed by atoms with Crippen LogP contribution in [-0.2, 0) is 21.8 Å². The first-order valence-corrected chi connectivity index (χ1v) is 7.57. The maximum Gasteiger partial charge on any atom is 0.327 e. The molecule has 1 rings (SSSR count). The zero-order chi connectivity index (χ0) is 15.0. The van der Waals surface area contributed by atoms with Crippen LogP contribution in [0.15, 0.2) is 4.52 Å². The summed E-state index contributed by atoms with van der Waals surface area (Å²) < 4.78 is 5.07. The van der Waals surface area contributed by atoms with Crippen molar-refractivity contribution >= 4 is 23.6 Å². The molecule has 1 aromatic heterocycles. The molecular weight excluding hydrogens is 282 g/mol. The third-order valence-electron chi connectivity index (χ3n) is 2.45. The minimum atomic E-state index is -1.05. The number of aryl methyl sites for hydroxylation is 1. The number of unbranched alkanes of at least 4 members (excludes halogenated alkanes) is 1. The monoisotopic (exact) mass is 301 g/mol. The Bertz CT molecular complexity index is 450. The predicted molar refractivity (Wildman–Crippen MR) is 74.3 cm³/mol. The molecule has 0 saturated carbocycles. The lowest BCUT2D eigenvalue weighted by Gasteiger charge is -2.11. The lowest BCUT2D eigenvalue weighted by Crippen LogP contribution is -2.41. The normalized spacial score (nSPS) is 12.1. The van der Waals surface area contributed by atoms with Crippen LogP contribution in [0.4, 0.5) is 0 Å². The van der Waals surface area contributed by atoms with Crippen molar-refractivity contribution in [3.63, 3.8) is 0 Å². The summed E-state index contributed by atoms with van der Waals surface area (Å²) in [6.45, 7) is 3.38. The average molecular weight is 301 g/mol. The van der Waals surface area contributed by atoms with Crippen LogP contribution in [-0.4, -0.2) is 38.9 Å². The maximum absolute atomic E-state index is 10.9. The SMILES string of the molecule is CCCCc1noc(CSCC(NC(C)=O)C(=O)O)n1. The molecule has 1 aromatic rings. The van der Waals surface area contributed by atoms with Gasteiger partial charge in [-0.25, -0.2) is 4.79 Å². The third-order valence-corrected chi connectivity index (χ3v) is 3.47. The van der Waals surface area contributed by atoms with E-state index in [2.05, 4.69) is 22.4 Å². The van der Waals surface area contributed by atoms with E-state index in [0.717, 1.165) is 19.3 Å². The summed E-state index contributed by atoms with van der Waals surface area (Å²) in [5.74, 6) is 0.427. The van der Waals surface area contributed by atoms with Gasteiger partial charge in [-0.15, -0.1) is 11.8 Å². The Morgan fingerprint density at radius 3 is 2.85 bits per heavy atom. The summed E-state index contributed by atoms with van der Waals surface area (Å²) in [7, 11) is 0. The largest absolute Gasteiger partial charge is 0.480 e. The molecule has 8 heteroatoms. The number of amides is 1. The lowest BCUT2D eigenvalue weighted by molar-refractivity contribution is -0.140. The average Bonchev–Trinajstić information content (AvgIpc) is 2.82. The Labute approximate surface area is 121 Å². The van der Waals surface area contributed by atoms with Crippen molar-refractivity contribution in [1.29, 1.82) is 0 Å². The number of hydrogen-bond acceptors (Lipinski definition) is 6. The van der Waals surface area contributed by atoms with Crippen LogP contribution in [0.25, 0.3) is 0 Å². The molecule has 20 heavy (non-hydrogen) atoms. The molecule has 0 radical (unpaired) electrons. The predicted octanol–water partition coefficient (Wildman–Crippen LogP) is 1.23. The van der Waals surface area contributed by atoms with Gasteiger partial charge in [-0.2, -0.15) is 4.98 Å². The molecule has 112 valence electrons. The van der Waals surface area contributed by atoms with Crippen molar-refractivity contribution in [2.24, 2.45) is 0 Å². The van der Waals surface area contributed by atoms with Gasteiger partial charge in [-0.1, -0.05) is 18.5 Å². The van der Waals surface area contributed by atoms with Gasteiger partial charge in [0.1, 0.15) is 6.04 Å². The van der Waals surface area contributed by atoms with E-state index < -0.39 is 12.0 Å². The highest BCUT2D eigenvalue weighted by Gasteiger charge is 2.18. The molecule has 0 saturated heterocycles. The van der Waals surface area contributed by atoms with E-state index in [4.69, 9.17) is 9.63 Å². The first kappa shape index (κ1) is 16.5. The fourth-order valence-electron chi connectivity index (χ4n) is 1.47. The molecular formula is C12H19N3O4S. The van der Waals surface area contributed by atoms with Crippen LogP contribution in [0.5, 0.6) is 0 Å². The van der Waals surface area contributed by atoms with Crippen LogP contribution in [0.2, 0.25) is 0 Å². The molecule has 0 bridgehead atoms. The van der Waals surface area contributed by atoms with Crippen molar-refractivity contribution in [1.82, 2.24) is 15.5 Å². The summed E-state index contributed by atoms with van der Waals surface area (Å²) in [6, 6.07) is -0.903. The van der Waals surface area contributed by atoms with Crippen LogP contribution in [0.3, 0.4) is 0 Å². The van der Waals surface area contributed by atoms with Crippen LogP contribution in [0.1, 0.15) is 38.4 Å². The van der Waals surface area contributed by atoms with Gasteiger partial charge in [-0.3, -0.25) is 4.79 Å². The van der Waals surface area contributed by atoms with E-state index in [1.165, 1.54) is 18.7 Å². The molecule has 0 aliphatic heterocycles. The number of hydrogen-bond donors (Lipinski definition) is 2. The van der Waals surface area contributed by atoms with Gasteiger partial charge in [0, 0.05) is 19.1 Å². The second kappa shape index (κ2) is 8.57. The summed E-state index contributed by atoms with van der Waals surface area (Å²) in [5, 5.41) is 15.2. The first-order chi connectivity index (χ1) is 9.52. The molecule has 1 atom stereocenters. The van der Waals surface area contributed by atoms with E-state index >= 15 is 0 Å². The number of carboxylic acid groups (broad SMARTS) is 1. The number of carboxylic acids is 1. The number of nitrogens with zero attached hydrogens (tertiary/aromatic N) is 2. The Balaban J connectivity index is 2.36.